The Morgan fingerprint density at radius 2 is 2.10 bits per heavy atom. The molecular weight excluding hydrogens is 304 g/mol. The van der Waals surface area contributed by atoms with Gasteiger partial charge in [0.15, 0.2) is 0 Å². The molecule has 0 aliphatic carbocycles. The Labute approximate surface area is 135 Å². The molecule has 2 heterocycles. The lowest BCUT2D eigenvalue weighted by Crippen LogP contribution is -2.39. The largest absolute Gasteiger partial charge is 0.467 e. The fourth-order valence-electron chi connectivity index (χ4n) is 2.57. The van der Waals surface area contributed by atoms with Crippen molar-refractivity contribution in [3.8, 4) is 0 Å². The predicted molar refractivity (Wildman–Crippen MR) is 90.2 cm³/mol. The highest BCUT2D eigenvalue weighted by Crippen LogP contribution is 2.32. The molecule has 2 aromatic heterocycles. The minimum absolute atomic E-state index is 0.0546. The summed E-state index contributed by atoms with van der Waals surface area (Å²) in [6, 6.07) is 7.98. The van der Waals surface area contributed by atoms with E-state index >= 15 is 0 Å². The van der Waals surface area contributed by atoms with Crippen molar-refractivity contribution < 1.29 is 4.42 Å². The van der Waals surface area contributed by atoms with Crippen molar-refractivity contribution in [1.29, 1.82) is 0 Å². The van der Waals surface area contributed by atoms with E-state index in [1.807, 2.05) is 18.2 Å². The number of thiophene rings is 1. The highest BCUT2D eigenvalue weighted by molar-refractivity contribution is 7.16. The molecule has 0 saturated carbocycles. The minimum atomic E-state index is 0.0546. The molecule has 21 heavy (non-hydrogen) atoms. The van der Waals surface area contributed by atoms with E-state index in [4.69, 9.17) is 16.0 Å². The van der Waals surface area contributed by atoms with Gasteiger partial charge >= 0.3 is 0 Å². The van der Waals surface area contributed by atoms with Crippen LogP contribution in [0.2, 0.25) is 4.34 Å². The molecule has 1 unspecified atom stereocenters. The highest BCUT2D eigenvalue weighted by atomic mass is 35.5. The molecule has 2 aromatic rings. The van der Waals surface area contributed by atoms with Crippen molar-refractivity contribution in [2.75, 3.05) is 27.2 Å². The second-order valence-corrected chi connectivity index (χ2v) is 8.12. The van der Waals surface area contributed by atoms with Crippen LogP contribution in [0, 0.1) is 5.41 Å². The molecule has 1 N–H and O–H groups in total. The summed E-state index contributed by atoms with van der Waals surface area (Å²) in [7, 11) is 4.20. The predicted octanol–water partition coefficient (Wildman–Crippen LogP) is 4.26. The van der Waals surface area contributed by atoms with Gasteiger partial charge in [0.2, 0.25) is 0 Å². The molecule has 116 valence electrons. The molecule has 0 aliphatic rings. The first-order valence-electron chi connectivity index (χ1n) is 7.04. The summed E-state index contributed by atoms with van der Waals surface area (Å²) in [5, 5.41) is 3.63. The smallest absolute Gasteiger partial charge is 0.126 e. The molecule has 3 nitrogen and oxygen atoms in total. The quantitative estimate of drug-likeness (QED) is 0.824. The van der Waals surface area contributed by atoms with Crippen LogP contribution in [0.3, 0.4) is 0 Å². The van der Waals surface area contributed by atoms with E-state index in [0.717, 1.165) is 23.2 Å². The van der Waals surface area contributed by atoms with Gasteiger partial charge in [0.25, 0.3) is 0 Å². The maximum atomic E-state index is 6.08. The molecule has 0 spiro atoms. The summed E-state index contributed by atoms with van der Waals surface area (Å²) in [6.07, 6.45) is 1.71. The van der Waals surface area contributed by atoms with Gasteiger partial charge in [-0.2, -0.15) is 0 Å². The van der Waals surface area contributed by atoms with Crippen molar-refractivity contribution in [1.82, 2.24) is 10.2 Å². The number of nitrogens with one attached hydrogen (secondary N) is 1. The average Bonchev–Trinajstić information content (AvgIpc) is 3.00. The van der Waals surface area contributed by atoms with Gasteiger partial charge in [0.1, 0.15) is 11.8 Å². The molecule has 0 amide bonds. The molecule has 2 rings (SSSR count). The summed E-state index contributed by atoms with van der Waals surface area (Å²) in [5.74, 6) is 0.925. The number of hydrogen-bond donors (Lipinski definition) is 1. The zero-order chi connectivity index (χ0) is 15.5. The van der Waals surface area contributed by atoms with Crippen molar-refractivity contribution in [2.45, 2.75) is 19.9 Å². The van der Waals surface area contributed by atoms with Crippen LogP contribution in [0.15, 0.2) is 34.9 Å². The van der Waals surface area contributed by atoms with Crippen LogP contribution in [0.4, 0.5) is 0 Å². The summed E-state index contributed by atoms with van der Waals surface area (Å²) < 4.78 is 6.40. The second kappa shape index (κ2) is 6.97. The lowest BCUT2D eigenvalue weighted by molar-refractivity contribution is 0.226. The molecular formula is C16H23ClN2OS. The minimum Gasteiger partial charge on any atom is -0.467 e. The summed E-state index contributed by atoms with van der Waals surface area (Å²) in [4.78, 5) is 3.39. The fraction of sp³-hybridized carbons (Fsp3) is 0.500. The van der Waals surface area contributed by atoms with E-state index in [2.05, 4.69) is 44.2 Å². The van der Waals surface area contributed by atoms with E-state index in [-0.39, 0.29) is 11.5 Å². The zero-order valence-electron chi connectivity index (χ0n) is 13.0. The second-order valence-electron chi connectivity index (χ2n) is 6.37. The van der Waals surface area contributed by atoms with Gasteiger partial charge in [-0.25, -0.2) is 0 Å². The summed E-state index contributed by atoms with van der Waals surface area (Å²) >= 11 is 7.67. The van der Waals surface area contributed by atoms with E-state index in [0.29, 0.717) is 0 Å². The number of hydrogen-bond acceptors (Lipinski definition) is 4. The van der Waals surface area contributed by atoms with Gasteiger partial charge in [-0.05, 0) is 43.8 Å². The van der Waals surface area contributed by atoms with Crippen molar-refractivity contribution in [3.63, 3.8) is 0 Å². The third kappa shape index (κ3) is 4.85. The highest BCUT2D eigenvalue weighted by Gasteiger charge is 2.24. The molecule has 0 fully saturated rings. The van der Waals surface area contributed by atoms with E-state index in [1.54, 1.807) is 17.6 Å². The molecule has 0 aliphatic heterocycles. The topological polar surface area (TPSA) is 28.4 Å². The Morgan fingerprint density at radius 1 is 1.33 bits per heavy atom. The average molecular weight is 327 g/mol. The van der Waals surface area contributed by atoms with Gasteiger partial charge in [-0.3, -0.25) is 0 Å². The summed E-state index contributed by atoms with van der Waals surface area (Å²) in [5.41, 5.74) is 0.176. The molecule has 0 radical (unpaired) electrons. The van der Waals surface area contributed by atoms with Gasteiger partial charge in [0.05, 0.1) is 10.6 Å². The van der Waals surface area contributed by atoms with Crippen LogP contribution in [-0.4, -0.2) is 32.1 Å². The normalized spacial score (nSPS) is 13.8. The van der Waals surface area contributed by atoms with E-state index in [1.165, 1.54) is 4.88 Å². The van der Waals surface area contributed by atoms with Crippen LogP contribution in [-0.2, 0) is 0 Å². The van der Waals surface area contributed by atoms with Gasteiger partial charge < -0.3 is 14.6 Å². The number of nitrogens with zero attached hydrogens (tertiary/aromatic N) is 1. The Morgan fingerprint density at radius 3 is 2.62 bits per heavy atom. The third-order valence-corrected chi connectivity index (χ3v) is 4.53. The van der Waals surface area contributed by atoms with Gasteiger partial charge in [-0.15, -0.1) is 11.3 Å². The maximum Gasteiger partial charge on any atom is 0.126 e. The van der Waals surface area contributed by atoms with Crippen LogP contribution in [0.25, 0.3) is 0 Å². The first kappa shape index (κ1) is 16.6. The third-order valence-electron chi connectivity index (χ3n) is 3.24. The number of rotatable bonds is 7. The summed E-state index contributed by atoms with van der Waals surface area (Å²) in [6.45, 7) is 6.45. The Balaban J connectivity index is 2.11. The first-order chi connectivity index (χ1) is 9.87. The first-order valence-corrected chi connectivity index (χ1v) is 8.23. The Kier molecular flexibility index (Phi) is 5.49. The SMILES string of the molecule is CN(C)CC(C)(C)CNC(c1ccco1)c1ccc(Cl)s1. The maximum absolute atomic E-state index is 6.08. The number of furan rings is 1. The molecule has 0 bridgehead atoms. The van der Waals surface area contributed by atoms with Crippen molar-refractivity contribution in [3.05, 3.63) is 45.5 Å². The molecule has 5 heteroatoms. The van der Waals surface area contributed by atoms with Crippen molar-refractivity contribution >= 4 is 22.9 Å². The lowest BCUT2D eigenvalue weighted by atomic mass is 9.92. The molecule has 1 atom stereocenters. The van der Waals surface area contributed by atoms with Gasteiger partial charge in [0, 0.05) is 18.0 Å². The number of halogens is 1. The Bertz CT molecular complexity index is 548. The van der Waals surface area contributed by atoms with Crippen LogP contribution >= 0.6 is 22.9 Å². The van der Waals surface area contributed by atoms with E-state index in [9.17, 15) is 0 Å². The molecule has 0 saturated heterocycles. The molecule has 0 aromatic carbocycles. The zero-order valence-corrected chi connectivity index (χ0v) is 14.6. The lowest BCUT2D eigenvalue weighted by Gasteiger charge is -2.30. The Hall–Kier alpha value is -0.810. The van der Waals surface area contributed by atoms with Crippen LogP contribution < -0.4 is 5.32 Å². The monoisotopic (exact) mass is 326 g/mol. The van der Waals surface area contributed by atoms with Crippen LogP contribution in [0.5, 0.6) is 0 Å². The van der Waals surface area contributed by atoms with Gasteiger partial charge in [-0.1, -0.05) is 25.4 Å². The van der Waals surface area contributed by atoms with E-state index < -0.39 is 0 Å². The fourth-order valence-corrected chi connectivity index (χ4v) is 3.72. The van der Waals surface area contributed by atoms with Crippen LogP contribution in [0.1, 0.15) is 30.5 Å². The standard InChI is InChI=1S/C16H23ClN2OS/c1-16(2,11-19(3)4)10-18-15(12-6-5-9-20-12)13-7-8-14(17)21-13/h5-9,15,18H,10-11H2,1-4H3. The van der Waals surface area contributed by atoms with Crippen molar-refractivity contribution in [2.24, 2.45) is 5.41 Å².